The Morgan fingerprint density at radius 2 is 1.64 bits per heavy atom. The Bertz CT molecular complexity index is 827. The lowest BCUT2D eigenvalue weighted by Crippen LogP contribution is -2.37. The smallest absolute Gasteiger partial charge is 0.218 e. The van der Waals surface area contributed by atoms with Gasteiger partial charge in [0.2, 0.25) is 10.0 Å². The summed E-state index contributed by atoms with van der Waals surface area (Å²) in [5.41, 5.74) is 2.11. The monoisotopic (exact) mass is 357 g/mol. The SMILES string of the molecule is CN(C)CCN(Cc1cccc(C#N)c1)S(=O)(=O)Cc1ccccc1. The molecular weight excluding hydrogens is 334 g/mol. The molecule has 2 aromatic carbocycles. The molecule has 0 radical (unpaired) electrons. The number of nitrogens with zero attached hydrogens (tertiary/aromatic N) is 3. The van der Waals surface area contributed by atoms with Gasteiger partial charge in [-0.25, -0.2) is 8.42 Å². The van der Waals surface area contributed by atoms with Gasteiger partial charge in [0.05, 0.1) is 17.4 Å². The van der Waals surface area contributed by atoms with Crippen LogP contribution in [0.4, 0.5) is 0 Å². The molecule has 6 heteroatoms. The van der Waals surface area contributed by atoms with Crippen molar-refractivity contribution in [1.29, 1.82) is 5.26 Å². The minimum absolute atomic E-state index is 0.0286. The molecule has 0 saturated heterocycles. The van der Waals surface area contributed by atoms with Gasteiger partial charge in [-0.3, -0.25) is 0 Å². The number of benzene rings is 2. The van der Waals surface area contributed by atoms with Gasteiger partial charge < -0.3 is 4.90 Å². The summed E-state index contributed by atoms with van der Waals surface area (Å²) in [6, 6.07) is 18.4. The summed E-state index contributed by atoms with van der Waals surface area (Å²) in [4.78, 5) is 1.96. The first-order chi connectivity index (χ1) is 11.9. The van der Waals surface area contributed by atoms with Crippen LogP contribution in [0, 0.1) is 11.3 Å². The Morgan fingerprint density at radius 1 is 0.960 bits per heavy atom. The first-order valence-corrected chi connectivity index (χ1v) is 9.67. The topological polar surface area (TPSA) is 64.4 Å². The fourth-order valence-electron chi connectivity index (χ4n) is 2.45. The molecule has 0 aliphatic rings. The summed E-state index contributed by atoms with van der Waals surface area (Å²) >= 11 is 0. The molecule has 0 unspecified atom stereocenters. The third-order valence-electron chi connectivity index (χ3n) is 3.80. The van der Waals surface area contributed by atoms with E-state index in [9.17, 15) is 8.42 Å². The van der Waals surface area contributed by atoms with Crippen LogP contribution in [0.15, 0.2) is 54.6 Å². The average Bonchev–Trinajstić information content (AvgIpc) is 2.59. The van der Waals surface area contributed by atoms with Crippen LogP contribution in [-0.4, -0.2) is 44.8 Å². The highest BCUT2D eigenvalue weighted by atomic mass is 32.2. The highest BCUT2D eigenvalue weighted by Crippen LogP contribution is 2.15. The van der Waals surface area contributed by atoms with Crippen molar-refractivity contribution < 1.29 is 8.42 Å². The average molecular weight is 357 g/mol. The molecule has 0 saturated carbocycles. The first-order valence-electron chi connectivity index (χ1n) is 8.06. The number of sulfonamides is 1. The summed E-state index contributed by atoms with van der Waals surface area (Å²) in [6.45, 7) is 1.30. The number of hydrogen-bond donors (Lipinski definition) is 0. The Labute approximate surface area is 150 Å². The molecule has 0 aromatic heterocycles. The van der Waals surface area contributed by atoms with Crippen molar-refractivity contribution >= 4 is 10.0 Å². The molecule has 25 heavy (non-hydrogen) atoms. The predicted molar refractivity (Wildman–Crippen MR) is 99.2 cm³/mol. The van der Waals surface area contributed by atoms with Gasteiger partial charge in [-0.15, -0.1) is 0 Å². The van der Waals surface area contributed by atoms with Crippen molar-refractivity contribution in [3.63, 3.8) is 0 Å². The fraction of sp³-hybridized carbons (Fsp3) is 0.316. The van der Waals surface area contributed by atoms with Crippen LogP contribution >= 0.6 is 0 Å². The molecule has 0 atom stereocenters. The van der Waals surface area contributed by atoms with Gasteiger partial charge in [0.15, 0.2) is 0 Å². The molecule has 5 nitrogen and oxygen atoms in total. The van der Waals surface area contributed by atoms with E-state index in [0.29, 0.717) is 18.7 Å². The van der Waals surface area contributed by atoms with Crippen LogP contribution in [0.5, 0.6) is 0 Å². The van der Waals surface area contributed by atoms with Crippen molar-refractivity contribution in [1.82, 2.24) is 9.21 Å². The number of nitriles is 1. The third kappa shape index (κ3) is 5.98. The van der Waals surface area contributed by atoms with Crippen LogP contribution in [0.1, 0.15) is 16.7 Å². The van der Waals surface area contributed by atoms with E-state index in [1.165, 1.54) is 4.31 Å². The lowest BCUT2D eigenvalue weighted by Gasteiger charge is -2.24. The second kappa shape index (κ2) is 8.77. The van der Waals surface area contributed by atoms with E-state index in [4.69, 9.17) is 5.26 Å². The van der Waals surface area contributed by atoms with Gasteiger partial charge >= 0.3 is 0 Å². The fourth-order valence-corrected chi connectivity index (χ4v) is 3.95. The summed E-state index contributed by atoms with van der Waals surface area (Å²) in [7, 11) is 0.365. The van der Waals surface area contributed by atoms with Gasteiger partial charge in [-0.05, 0) is 37.4 Å². The number of rotatable bonds is 8. The normalized spacial score (nSPS) is 11.6. The van der Waals surface area contributed by atoms with Crippen LogP contribution in [0.25, 0.3) is 0 Å². The van der Waals surface area contributed by atoms with Crippen LogP contribution in [-0.2, 0) is 22.3 Å². The van der Waals surface area contributed by atoms with Crippen molar-refractivity contribution in [3.05, 3.63) is 71.3 Å². The largest absolute Gasteiger partial charge is 0.308 e. The molecule has 2 aromatic rings. The zero-order chi connectivity index (χ0) is 18.3. The maximum Gasteiger partial charge on any atom is 0.218 e. The van der Waals surface area contributed by atoms with Crippen LogP contribution in [0.3, 0.4) is 0 Å². The van der Waals surface area contributed by atoms with E-state index in [1.54, 1.807) is 18.2 Å². The van der Waals surface area contributed by atoms with E-state index in [1.807, 2.05) is 55.4 Å². The minimum atomic E-state index is -3.47. The second-order valence-electron chi connectivity index (χ2n) is 6.19. The third-order valence-corrected chi connectivity index (χ3v) is 5.59. The van der Waals surface area contributed by atoms with Crippen molar-refractivity contribution in [2.24, 2.45) is 0 Å². The molecule has 0 aliphatic carbocycles. The maximum absolute atomic E-state index is 12.9. The Kier molecular flexibility index (Phi) is 6.71. The van der Waals surface area contributed by atoms with Crippen LogP contribution < -0.4 is 0 Å². The van der Waals surface area contributed by atoms with Gasteiger partial charge in [0.1, 0.15) is 0 Å². The summed E-state index contributed by atoms with van der Waals surface area (Å²) in [5, 5.41) is 9.04. The predicted octanol–water partition coefficient (Wildman–Crippen LogP) is 2.45. The lowest BCUT2D eigenvalue weighted by molar-refractivity contribution is 0.329. The van der Waals surface area contributed by atoms with Gasteiger partial charge in [-0.1, -0.05) is 42.5 Å². The molecule has 0 aliphatic heterocycles. The molecule has 0 bridgehead atoms. The standard InChI is InChI=1S/C19H23N3O2S/c1-21(2)11-12-22(15-19-10-6-9-18(13-19)14-20)25(23,24)16-17-7-4-3-5-8-17/h3-10,13H,11-12,15-16H2,1-2H3. The summed E-state index contributed by atoms with van der Waals surface area (Å²) in [6.07, 6.45) is 0. The van der Waals surface area contributed by atoms with E-state index in [-0.39, 0.29) is 12.3 Å². The maximum atomic E-state index is 12.9. The summed E-state index contributed by atoms with van der Waals surface area (Å²) in [5.74, 6) is -0.0286. The van der Waals surface area contributed by atoms with Crippen molar-refractivity contribution in [2.45, 2.75) is 12.3 Å². The quantitative estimate of drug-likeness (QED) is 0.728. The molecule has 0 fully saturated rings. The first kappa shape index (κ1) is 19.1. The highest BCUT2D eigenvalue weighted by Gasteiger charge is 2.23. The van der Waals surface area contributed by atoms with Crippen molar-refractivity contribution in [2.75, 3.05) is 27.2 Å². The molecule has 132 valence electrons. The van der Waals surface area contributed by atoms with E-state index in [0.717, 1.165) is 11.1 Å². The molecule has 0 N–H and O–H groups in total. The van der Waals surface area contributed by atoms with Gasteiger partial charge in [0.25, 0.3) is 0 Å². The van der Waals surface area contributed by atoms with Gasteiger partial charge in [0, 0.05) is 19.6 Å². The molecule has 0 heterocycles. The Hall–Kier alpha value is -2.20. The number of likely N-dealkylation sites (N-methyl/N-ethyl adjacent to an activating group) is 1. The molecule has 0 spiro atoms. The molecule has 2 rings (SSSR count). The van der Waals surface area contributed by atoms with E-state index < -0.39 is 10.0 Å². The summed E-state index contributed by atoms with van der Waals surface area (Å²) < 4.78 is 27.3. The number of hydrogen-bond acceptors (Lipinski definition) is 4. The minimum Gasteiger partial charge on any atom is -0.308 e. The zero-order valence-electron chi connectivity index (χ0n) is 14.6. The Morgan fingerprint density at radius 3 is 2.28 bits per heavy atom. The lowest BCUT2D eigenvalue weighted by atomic mass is 10.1. The Balaban J connectivity index is 2.23. The van der Waals surface area contributed by atoms with Crippen molar-refractivity contribution in [3.8, 4) is 6.07 Å². The molecular formula is C19H23N3O2S. The van der Waals surface area contributed by atoms with E-state index in [2.05, 4.69) is 6.07 Å². The van der Waals surface area contributed by atoms with Gasteiger partial charge in [-0.2, -0.15) is 9.57 Å². The van der Waals surface area contributed by atoms with E-state index >= 15 is 0 Å². The van der Waals surface area contributed by atoms with Crippen LogP contribution in [0.2, 0.25) is 0 Å². The highest BCUT2D eigenvalue weighted by molar-refractivity contribution is 7.88. The second-order valence-corrected chi connectivity index (χ2v) is 8.16. The zero-order valence-corrected chi connectivity index (χ0v) is 15.4. The molecule has 0 amide bonds.